The summed E-state index contributed by atoms with van der Waals surface area (Å²) in [4.78, 5) is 15.5. The minimum absolute atomic E-state index is 0.0105. The van der Waals surface area contributed by atoms with Gasteiger partial charge in [0.25, 0.3) is 0 Å². The van der Waals surface area contributed by atoms with E-state index in [0.717, 1.165) is 30.1 Å². The van der Waals surface area contributed by atoms with E-state index in [-0.39, 0.29) is 11.8 Å². The number of sulfonamides is 1. The summed E-state index contributed by atoms with van der Waals surface area (Å²) in [6.07, 6.45) is 3.63. The van der Waals surface area contributed by atoms with Crippen molar-refractivity contribution in [3.8, 4) is 0 Å². The van der Waals surface area contributed by atoms with E-state index in [9.17, 15) is 13.2 Å². The molecule has 6 nitrogen and oxygen atoms in total. The van der Waals surface area contributed by atoms with Crippen molar-refractivity contribution in [2.75, 3.05) is 31.1 Å². The van der Waals surface area contributed by atoms with E-state index in [1.165, 1.54) is 22.8 Å². The zero-order valence-corrected chi connectivity index (χ0v) is 20.5. The van der Waals surface area contributed by atoms with Gasteiger partial charge in [0.2, 0.25) is 15.9 Å². The third kappa shape index (κ3) is 5.76. The van der Waals surface area contributed by atoms with Crippen LogP contribution in [-0.4, -0.2) is 44.8 Å². The van der Waals surface area contributed by atoms with Crippen LogP contribution in [0.4, 0.5) is 5.69 Å². The summed E-state index contributed by atoms with van der Waals surface area (Å²) in [6.45, 7) is 7.70. The minimum Gasteiger partial charge on any atom is -0.371 e. The third-order valence-electron chi connectivity index (χ3n) is 6.91. The van der Waals surface area contributed by atoms with Gasteiger partial charge in [0.15, 0.2) is 0 Å². The van der Waals surface area contributed by atoms with Gasteiger partial charge in [0.05, 0.1) is 4.90 Å². The van der Waals surface area contributed by atoms with Crippen molar-refractivity contribution in [3.63, 3.8) is 0 Å². The van der Waals surface area contributed by atoms with E-state index in [2.05, 4.69) is 41.4 Å². The molecule has 178 valence electrons. The zero-order valence-electron chi connectivity index (χ0n) is 19.7. The second kappa shape index (κ2) is 10.3. The fraction of sp³-hybridized carbons (Fsp3) is 0.500. The van der Waals surface area contributed by atoms with Crippen LogP contribution in [0.25, 0.3) is 0 Å². The summed E-state index contributed by atoms with van der Waals surface area (Å²) in [5.74, 6) is 0.593. The lowest BCUT2D eigenvalue weighted by Crippen LogP contribution is -2.42. The molecule has 0 saturated carbocycles. The maximum Gasteiger partial charge on any atom is 0.243 e. The van der Waals surface area contributed by atoms with Gasteiger partial charge in [0.1, 0.15) is 0 Å². The molecule has 2 aromatic carbocycles. The Bertz CT molecular complexity index is 1040. The number of nitrogens with zero attached hydrogens (tertiary/aromatic N) is 2. The molecule has 0 aliphatic carbocycles. The van der Waals surface area contributed by atoms with Crippen LogP contribution in [0.15, 0.2) is 53.4 Å². The molecule has 1 atom stereocenters. The van der Waals surface area contributed by atoms with Crippen LogP contribution in [0.3, 0.4) is 0 Å². The molecule has 0 unspecified atom stereocenters. The van der Waals surface area contributed by atoms with Crippen molar-refractivity contribution in [2.24, 2.45) is 11.8 Å². The number of aryl methyl sites for hydroxylation is 1. The molecule has 2 heterocycles. The number of anilines is 1. The molecule has 0 spiro atoms. The fourth-order valence-electron chi connectivity index (χ4n) is 4.80. The molecule has 2 fully saturated rings. The fourth-order valence-corrected chi connectivity index (χ4v) is 6.27. The maximum atomic E-state index is 12.9. The lowest BCUT2D eigenvalue weighted by atomic mass is 9.97. The smallest absolute Gasteiger partial charge is 0.243 e. The predicted molar refractivity (Wildman–Crippen MR) is 132 cm³/mol. The molecular formula is C26H35N3O3S. The number of carbonyl (C=O) groups excluding carboxylic acids is 1. The van der Waals surface area contributed by atoms with Gasteiger partial charge in [-0.1, -0.05) is 36.8 Å². The van der Waals surface area contributed by atoms with Crippen LogP contribution in [-0.2, 0) is 21.4 Å². The Morgan fingerprint density at radius 3 is 2.27 bits per heavy atom. The second-order valence-corrected chi connectivity index (χ2v) is 11.5. The molecule has 0 radical (unpaired) electrons. The van der Waals surface area contributed by atoms with Gasteiger partial charge in [0, 0.05) is 44.3 Å². The quantitative estimate of drug-likeness (QED) is 0.696. The number of piperidine rings is 2. The number of hydrogen-bond acceptors (Lipinski definition) is 4. The van der Waals surface area contributed by atoms with Crippen molar-refractivity contribution in [3.05, 3.63) is 59.7 Å². The average molecular weight is 470 g/mol. The Balaban J connectivity index is 1.26. The molecule has 2 saturated heterocycles. The number of carbonyl (C=O) groups is 1. The first-order valence-corrected chi connectivity index (χ1v) is 13.5. The molecule has 2 aliphatic heterocycles. The first-order valence-electron chi connectivity index (χ1n) is 12.0. The first-order chi connectivity index (χ1) is 15.8. The van der Waals surface area contributed by atoms with Crippen molar-refractivity contribution in [2.45, 2.75) is 51.0 Å². The Hall–Kier alpha value is -2.38. The third-order valence-corrected chi connectivity index (χ3v) is 8.82. The van der Waals surface area contributed by atoms with E-state index in [4.69, 9.17) is 0 Å². The Morgan fingerprint density at radius 1 is 0.970 bits per heavy atom. The highest BCUT2D eigenvalue weighted by Gasteiger charge is 2.32. The van der Waals surface area contributed by atoms with Crippen LogP contribution in [0.2, 0.25) is 0 Å². The lowest BCUT2D eigenvalue weighted by molar-refractivity contribution is -0.126. The summed E-state index contributed by atoms with van der Waals surface area (Å²) in [5.41, 5.74) is 3.36. The largest absolute Gasteiger partial charge is 0.371 e. The van der Waals surface area contributed by atoms with E-state index in [1.807, 2.05) is 19.1 Å². The molecule has 7 heteroatoms. The highest BCUT2D eigenvalue weighted by molar-refractivity contribution is 7.89. The minimum atomic E-state index is -3.50. The molecule has 4 rings (SSSR count). The zero-order chi connectivity index (χ0) is 23.4. The van der Waals surface area contributed by atoms with Gasteiger partial charge in [-0.05, 0) is 68.4 Å². The van der Waals surface area contributed by atoms with Crippen LogP contribution < -0.4 is 10.2 Å². The number of benzene rings is 2. The Labute approximate surface area is 198 Å². The first kappa shape index (κ1) is 23.8. The van der Waals surface area contributed by atoms with Gasteiger partial charge in [-0.3, -0.25) is 4.79 Å². The standard InChI is InChI=1S/C26H35N3O3S/c1-20-5-11-25(12-6-20)33(31,32)29-16-13-23(14-17-29)26(30)27-18-22-7-9-24(10-8-22)28-15-3-4-21(2)19-28/h5-12,21,23H,3-4,13-19H2,1-2H3,(H,27,30)/t21-/m0/s1. The highest BCUT2D eigenvalue weighted by atomic mass is 32.2. The SMILES string of the molecule is Cc1ccc(S(=O)(=O)N2CCC(C(=O)NCc3ccc(N4CCC[C@H](C)C4)cc3)CC2)cc1. The van der Waals surface area contributed by atoms with Crippen molar-refractivity contribution in [1.82, 2.24) is 9.62 Å². The summed E-state index contributed by atoms with van der Waals surface area (Å²) < 4.78 is 27.2. The van der Waals surface area contributed by atoms with Crippen LogP contribution >= 0.6 is 0 Å². The summed E-state index contributed by atoms with van der Waals surface area (Å²) in [5, 5.41) is 3.05. The topological polar surface area (TPSA) is 69.7 Å². The molecule has 0 bridgehead atoms. The molecule has 1 amide bonds. The van der Waals surface area contributed by atoms with Crippen molar-refractivity contribution < 1.29 is 13.2 Å². The Morgan fingerprint density at radius 2 is 1.64 bits per heavy atom. The molecule has 2 aromatic rings. The van der Waals surface area contributed by atoms with E-state index in [1.54, 1.807) is 12.1 Å². The molecule has 2 aliphatic rings. The summed E-state index contributed by atoms with van der Waals surface area (Å²) in [6, 6.07) is 15.4. The van der Waals surface area contributed by atoms with Gasteiger partial charge < -0.3 is 10.2 Å². The lowest BCUT2D eigenvalue weighted by Gasteiger charge is -2.33. The van der Waals surface area contributed by atoms with Crippen molar-refractivity contribution in [1.29, 1.82) is 0 Å². The van der Waals surface area contributed by atoms with Gasteiger partial charge >= 0.3 is 0 Å². The monoisotopic (exact) mass is 469 g/mol. The van der Waals surface area contributed by atoms with Gasteiger partial charge in [-0.15, -0.1) is 0 Å². The highest BCUT2D eigenvalue weighted by Crippen LogP contribution is 2.25. The molecular weight excluding hydrogens is 434 g/mol. The second-order valence-electron chi connectivity index (χ2n) is 9.57. The number of hydrogen-bond donors (Lipinski definition) is 1. The number of rotatable bonds is 6. The average Bonchev–Trinajstić information content (AvgIpc) is 2.83. The normalized spacial score (nSPS) is 20.5. The van der Waals surface area contributed by atoms with Crippen LogP contribution in [0.5, 0.6) is 0 Å². The van der Waals surface area contributed by atoms with E-state index in [0.29, 0.717) is 37.4 Å². The van der Waals surface area contributed by atoms with Gasteiger partial charge in [-0.2, -0.15) is 4.31 Å². The summed E-state index contributed by atoms with van der Waals surface area (Å²) in [7, 11) is -3.50. The predicted octanol–water partition coefficient (Wildman–Crippen LogP) is 3.95. The van der Waals surface area contributed by atoms with E-state index < -0.39 is 10.0 Å². The maximum absolute atomic E-state index is 12.9. The number of amides is 1. The van der Waals surface area contributed by atoms with Crippen molar-refractivity contribution >= 4 is 21.6 Å². The number of nitrogens with one attached hydrogen (secondary N) is 1. The van der Waals surface area contributed by atoms with Crippen LogP contribution in [0.1, 0.15) is 43.7 Å². The molecule has 1 N–H and O–H groups in total. The Kier molecular flexibility index (Phi) is 7.39. The van der Waals surface area contributed by atoms with Gasteiger partial charge in [-0.25, -0.2) is 8.42 Å². The van der Waals surface area contributed by atoms with Crippen LogP contribution in [0, 0.1) is 18.8 Å². The molecule has 0 aromatic heterocycles. The van der Waals surface area contributed by atoms with E-state index >= 15 is 0 Å². The molecule has 33 heavy (non-hydrogen) atoms. The summed E-state index contributed by atoms with van der Waals surface area (Å²) >= 11 is 0.